The second-order valence-electron chi connectivity index (χ2n) is 8.24. The summed E-state index contributed by atoms with van der Waals surface area (Å²) in [5.74, 6) is 1.10. The van der Waals surface area contributed by atoms with E-state index in [-0.39, 0.29) is 5.91 Å². The van der Waals surface area contributed by atoms with Gasteiger partial charge in [-0.05, 0) is 54.8 Å². The number of guanidine groups is 1. The molecule has 4 rings (SSSR count). The summed E-state index contributed by atoms with van der Waals surface area (Å²) in [7, 11) is 0. The molecule has 0 atom stereocenters. The first-order valence-corrected chi connectivity index (χ1v) is 12.3. The number of anilines is 1. The van der Waals surface area contributed by atoms with Gasteiger partial charge in [-0.1, -0.05) is 24.3 Å². The van der Waals surface area contributed by atoms with Gasteiger partial charge in [-0.15, -0.1) is 11.3 Å². The van der Waals surface area contributed by atoms with E-state index in [0.29, 0.717) is 19.0 Å². The number of thiophene rings is 1. The van der Waals surface area contributed by atoms with Crippen molar-refractivity contribution in [1.82, 2.24) is 15.5 Å². The van der Waals surface area contributed by atoms with E-state index in [1.807, 2.05) is 28.4 Å². The lowest BCUT2D eigenvalue weighted by atomic mass is 10.1. The first-order valence-electron chi connectivity index (χ1n) is 11.4. The van der Waals surface area contributed by atoms with Gasteiger partial charge in [0.05, 0.1) is 5.00 Å². The van der Waals surface area contributed by atoms with Gasteiger partial charge in [0.1, 0.15) is 0 Å². The molecule has 3 heterocycles. The Morgan fingerprint density at radius 3 is 2.52 bits per heavy atom. The van der Waals surface area contributed by atoms with Crippen molar-refractivity contribution in [3.63, 3.8) is 0 Å². The van der Waals surface area contributed by atoms with Gasteiger partial charge in [0.2, 0.25) is 5.91 Å². The highest BCUT2D eigenvalue weighted by Gasteiger charge is 2.23. The monoisotopic (exact) mass is 439 g/mol. The minimum absolute atomic E-state index is 0.227. The van der Waals surface area contributed by atoms with Gasteiger partial charge in [0, 0.05) is 51.7 Å². The largest absolute Gasteiger partial charge is 0.363 e. The van der Waals surface area contributed by atoms with E-state index in [4.69, 9.17) is 4.99 Å². The van der Waals surface area contributed by atoms with Crippen molar-refractivity contribution in [2.45, 2.75) is 51.7 Å². The standard InChI is InChI=1S/C24H33N5OS/c1-2-25-24(27-21-11-14-28(15-12-21)23-10-6-16-31-23)26-13-5-9-22(30)29-17-19-7-3-4-8-20(19)18-29/h3-4,6-8,10,16,21H,2,5,9,11-15,17-18H2,1H3,(H2,25,26,27). The maximum Gasteiger partial charge on any atom is 0.223 e. The number of hydrogen-bond acceptors (Lipinski definition) is 4. The number of nitrogens with one attached hydrogen (secondary N) is 2. The van der Waals surface area contributed by atoms with Gasteiger partial charge in [0.25, 0.3) is 0 Å². The van der Waals surface area contributed by atoms with Gasteiger partial charge < -0.3 is 20.4 Å². The zero-order valence-electron chi connectivity index (χ0n) is 18.3. The van der Waals surface area contributed by atoms with Crippen molar-refractivity contribution in [1.29, 1.82) is 0 Å². The molecule has 1 saturated heterocycles. The molecule has 1 aromatic heterocycles. The van der Waals surface area contributed by atoms with Crippen LogP contribution < -0.4 is 15.5 Å². The number of fused-ring (bicyclic) bond motifs is 1. The third kappa shape index (κ3) is 5.79. The highest BCUT2D eigenvalue weighted by atomic mass is 32.1. The van der Waals surface area contributed by atoms with Crippen LogP contribution in [0, 0.1) is 0 Å². The fourth-order valence-corrected chi connectivity index (χ4v) is 5.08. The number of benzene rings is 1. The second-order valence-corrected chi connectivity index (χ2v) is 9.17. The van der Waals surface area contributed by atoms with Crippen LogP contribution in [0.15, 0.2) is 46.8 Å². The lowest BCUT2D eigenvalue weighted by Gasteiger charge is -2.33. The quantitative estimate of drug-likeness (QED) is 0.393. The molecule has 0 bridgehead atoms. The van der Waals surface area contributed by atoms with E-state index in [1.165, 1.54) is 16.1 Å². The molecule has 6 nitrogen and oxygen atoms in total. The van der Waals surface area contributed by atoms with Gasteiger partial charge in [-0.2, -0.15) is 0 Å². The predicted octanol–water partition coefficient (Wildman–Crippen LogP) is 3.59. The van der Waals surface area contributed by atoms with E-state index < -0.39 is 0 Å². The third-order valence-electron chi connectivity index (χ3n) is 6.01. The summed E-state index contributed by atoms with van der Waals surface area (Å²) in [5.41, 5.74) is 2.55. The summed E-state index contributed by atoms with van der Waals surface area (Å²) in [6.07, 6.45) is 3.54. The van der Waals surface area contributed by atoms with Crippen molar-refractivity contribution in [2.75, 3.05) is 31.1 Å². The summed E-state index contributed by atoms with van der Waals surface area (Å²) in [6.45, 7) is 7.22. The van der Waals surface area contributed by atoms with Crippen molar-refractivity contribution < 1.29 is 4.79 Å². The first-order chi connectivity index (χ1) is 15.2. The Hall–Kier alpha value is -2.54. The van der Waals surface area contributed by atoms with Crippen molar-refractivity contribution in [2.24, 2.45) is 4.99 Å². The number of piperidine rings is 1. The molecule has 2 N–H and O–H groups in total. The van der Waals surface area contributed by atoms with Crippen LogP contribution in [0.5, 0.6) is 0 Å². The molecule has 2 aromatic rings. The summed E-state index contributed by atoms with van der Waals surface area (Å²) in [6, 6.07) is 13.1. The number of carbonyl (C=O) groups is 1. The Bertz CT molecular complexity index is 849. The topological polar surface area (TPSA) is 60.0 Å². The molecule has 0 radical (unpaired) electrons. The maximum absolute atomic E-state index is 12.6. The van der Waals surface area contributed by atoms with Crippen LogP contribution in [0.4, 0.5) is 5.00 Å². The van der Waals surface area contributed by atoms with Crippen LogP contribution >= 0.6 is 11.3 Å². The molecule has 0 spiro atoms. The zero-order chi connectivity index (χ0) is 21.5. The molecule has 1 aromatic carbocycles. The second kappa shape index (κ2) is 10.7. The average molecular weight is 440 g/mol. The molecule has 0 saturated carbocycles. The SMILES string of the molecule is CCNC(=NCCCC(=O)N1Cc2ccccc2C1)NC1CCN(c2cccs2)CC1. The van der Waals surface area contributed by atoms with Crippen LogP contribution in [0.3, 0.4) is 0 Å². The molecule has 0 aliphatic carbocycles. The van der Waals surface area contributed by atoms with Gasteiger partial charge in [0.15, 0.2) is 5.96 Å². The molecular formula is C24H33N5OS. The Kier molecular flexibility index (Phi) is 7.46. The van der Waals surface area contributed by atoms with E-state index in [2.05, 4.69) is 52.1 Å². The summed E-state index contributed by atoms with van der Waals surface area (Å²) in [4.78, 5) is 21.7. The fraction of sp³-hybridized carbons (Fsp3) is 0.500. The van der Waals surface area contributed by atoms with Crippen LogP contribution in [0.1, 0.15) is 43.7 Å². The van der Waals surface area contributed by atoms with E-state index >= 15 is 0 Å². The molecule has 2 aliphatic heterocycles. The smallest absolute Gasteiger partial charge is 0.223 e. The Labute approximate surface area is 189 Å². The van der Waals surface area contributed by atoms with Crippen LogP contribution in [-0.2, 0) is 17.9 Å². The van der Waals surface area contributed by atoms with Gasteiger partial charge >= 0.3 is 0 Å². The van der Waals surface area contributed by atoms with Crippen molar-refractivity contribution >= 4 is 28.2 Å². The summed E-state index contributed by atoms with van der Waals surface area (Å²) < 4.78 is 0. The minimum Gasteiger partial charge on any atom is -0.363 e. The molecular weight excluding hydrogens is 406 g/mol. The van der Waals surface area contributed by atoms with Gasteiger partial charge in [-0.25, -0.2) is 0 Å². The normalized spacial score (nSPS) is 17.0. The van der Waals surface area contributed by atoms with Crippen molar-refractivity contribution in [3.8, 4) is 0 Å². The van der Waals surface area contributed by atoms with Crippen LogP contribution in [-0.4, -0.2) is 49.0 Å². The fourth-order valence-electron chi connectivity index (χ4n) is 4.30. The summed E-state index contributed by atoms with van der Waals surface area (Å²) >= 11 is 1.81. The number of amides is 1. The maximum atomic E-state index is 12.6. The molecule has 0 unspecified atom stereocenters. The molecule has 2 aliphatic rings. The molecule has 166 valence electrons. The van der Waals surface area contributed by atoms with E-state index in [0.717, 1.165) is 57.9 Å². The highest BCUT2D eigenvalue weighted by molar-refractivity contribution is 7.14. The lowest BCUT2D eigenvalue weighted by molar-refractivity contribution is -0.131. The van der Waals surface area contributed by atoms with E-state index in [9.17, 15) is 4.79 Å². The number of carbonyl (C=O) groups excluding carboxylic acids is 1. The van der Waals surface area contributed by atoms with Gasteiger partial charge in [-0.3, -0.25) is 9.79 Å². The van der Waals surface area contributed by atoms with Crippen LogP contribution in [0.2, 0.25) is 0 Å². The highest BCUT2D eigenvalue weighted by Crippen LogP contribution is 2.25. The Morgan fingerprint density at radius 1 is 1.13 bits per heavy atom. The number of nitrogens with zero attached hydrogens (tertiary/aromatic N) is 3. The molecule has 1 amide bonds. The number of aliphatic imine (C=N–C) groups is 1. The lowest BCUT2D eigenvalue weighted by Crippen LogP contribution is -2.48. The Morgan fingerprint density at radius 2 is 1.87 bits per heavy atom. The van der Waals surface area contributed by atoms with Crippen molar-refractivity contribution in [3.05, 3.63) is 52.9 Å². The van der Waals surface area contributed by atoms with E-state index in [1.54, 1.807) is 0 Å². The molecule has 31 heavy (non-hydrogen) atoms. The predicted molar refractivity (Wildman–Crippen MR) is 129 cm³/mol. The first kappa shape index (κ1) is 21.7. The third-order valence-corrected chi connectivity index (χ3v) is 6.94. The molecule has 1 fully saturated rings. The van der Waals surface area contributed by atoms with Crippen LogP contribution in [0.25, 0.3) is 0 Å². The minimum atomic E-state index is 0.227. The Balaban J connectivity index is 1.19. The summed E-state index contributed by atoms with van der Waals surface area (Å²) in [5, 5.41) is 10.5. The number of rotatable bonds is 7. The average Bonchev–Trinajstić information content (AvgIpc) is 3.47. The zero-order valence-corrected chi connectivity index (χ0v) is 19.2. The molecule has 7 heteroatoms. The number of hydrogen-bond donors (Lipinski definition) is 2.